The van der Waals surface area contributed by atoms with Crippen molar-refractivity contribution in [2.45, 2.75) is 101 Å². The van der Waals surface area contributed by atoms with Gasteiger partial charge in [-0.05, 0) is 96.9 Å². The zero-order valence-corrected chi connectivity index (χ0v) is 32.3. The second-order valence-electron chi connectivity index (χ2n) is 15.5. The maximum Gasteiger partial charge on any atom is 0.410 e. The minimum atomic E-state index is -4.49. The highest BCUT2D eigenvalue weighted by Crippen LogP contribution is 2.63. The van der Waals surface area contributed by atoms with Crippen LogP contribution in [0.25, 0.3) is 5.82 Å². The van der Waals surface area contributed by atoms with Gasteiger partial charge in [0.2, 0.25) is 5.88 Å². The van der Waals surface area contributed by atoms with Crippen molar-refractivity contribution in [2.24, 2.45) is 11.3 Å². The van der Waals surface area contributed by atoms with Crippen molar-refractivity contribution < 1.29 is 37.3 Å². The molecule has 53 heavy (non-hydrogen) atoms. The van der Waals surface area contributed by atoms with Crippen LogP contribution in [0.5, 0.6) is 5.88 Å². The summed E-state index contributed by atoms with van der Waals surface area (Å²) in [4.78, 5) is 36.4. The first-order chi connectivity index (χ1) is 24.7. The Hall–Kier alpha value is -3.70. The molecule has 3 aromatic rings. The largest absolute Gasteiger partial charge is 0.477 e. The fraction of sp³-hybridized carbons (Fsp3) is 0.571. The molecule has 2 amide bonds. The van der Waals surface area contributed by atoms with E-state index in [1.54, 1.807) is 6.07 Å². The van der Waals surface area contributed by atoms with Crippen LogP contribution < -0.4 is 14.8 Å². The van der Waals surface area contributed by atoms with Gasteiger partial charge in [0, 0.05) is 54.8 Å². The van der Waals surface area contributed by atoms with E-state index in [1.807, 2.05) is 37.8 Å². The van der Waals surface area contributed by atoms with E-state index >= 15 is 0 Å². The first kappa shape index (κ1) is 40.5. The summed E-state index contributed by atoms with van der Waals surface area (Å²) in [5.74, 6) is 0.965. The van der Waals surface area contributed by atoms with E-state index in [0.29, 0.717) is 29.9 Å². The summed E-state index contributed by atoms with van der Waals surface area (Å²) in [5.41, 5.74) is -4.74. The first-order valence-corrected chi connectivity index (χ1v) is 18.7. The van der Waals surface area contributed by atoms with E-state index < -0.39 is 28.6 Å². The number of hydrogen-bond donors (Lipinski definition) is 3. The normalized spacial score (nSPS) is 19.0. The lowest BCUT2D eigenvalue weighted by molar-refractivity contribution is -0.225. The van der Waals surface area contributed by atoms with Gasteiger partial charge in [-0.15, -0.1) is 5.10 Å². The molecule has 12 nitrogen and oxygen atoms in total. The van der Waals surface area contributed by atoms with Gasteiger partial charge in [0.1, 0.15) is 29.4 Å². The molecule has 2 fully saturated rings. The fourth-order valence-electron chi connectivity index (χ4n) is 6.63. The lowest BCUT2D eigenvalue weighted by Gasteiger charge is -2.34. The monoisotopic (exact) mass is 779 g/mol. The lowest BCUT2D eigenvalue weighted by Crippen LogP contribution is -2.49. The number of nitrogens with zero attached hydrogens (tertiary/aromatic N) is 5. The van der Waals surface area contributed by atoms with E-state index in [4.69, 9.17) is 21.1 Å². The number of aromatic nitrogens is 4. The van der Waals surface area contributed by atoms with Crippen LogP contribution in [0.3, 0.4) is 0 Å². The average Bonchev–Trinajstić information content (AvgIpc) is 3.69. The van der Waals surface area contributed by atoms with E-state index in [9.17, 15) is 27.9 Å². The van der Waals surface area contributed by atoms with Crippen molar-refractivity contribution in [3.05, 3.63) is 53.3 Å². The molecule has 5 rings (SSSR count). The summed E-state index contributed by atoms with van der Waals surface area (Å²) < 4.78 is 55.6. The molecule has 0 bridgehead atoms. The van der Waals surface area contributed by atoms with E-state index in [0.717, 1.165) is 31.2 Å². The lowest BCUT2D eigenvalue weighted by atomic mass is 9.66. The molecule has 1 saturated heterocycles. The van der Waals surface area contributed by atoms with Crippen molar-refractivity contribution in [1.29, 1.82) is 0 Å². The number of hydrogen-bond acceptors (Lipinski definition) is 10. The Bertz CT molecular complexity index is 1780. The van der Waals surface area contributed by atoms with Crippen molar-refractivity contribution in [3.63, 3.8) is 0 Å². The van der Waals surface area contributed by atoms with Crippen molar-refractivity contribution >= 4 is 49.2 Å². The fourth-order valence-corrected chi connectivity index (χ4v) is 7.46. The molecule has 1 aliphatic heterocycles. The van der Waals surface area contributed by atoms with E-state index in [-0.39, 0.29) is 59.9 Å². The predicted octanol–water partition coefficient (Wildman–Crippen LogP) is 6.41. The Balaban J connectivity index is 1.06. The predicted molar refractivity (Wildman–Crippen MR) is 198 cm³/mol. The van der Waals surface area contributed by atoms with Crippen LogP contribution in [-0.4, -0.2) is 92.1 Å². The highest BCUT2D eigenvalue weighted by atomic mass is 35.5. The number of halogens is 4. The molecule has 1 saturated carbocycles. The van der Waals surface area contributed by atoms with Crippen molar-refractivity contribution in [2.75, 3.05) is 25.0 Å². The van der Waals surface area contributed by atoms with Crippen LogP contribution in [0.2, 0.25) is 5.15 Å². The number of aliphatic hydroxyl groups is 1. The molecular formula is C35H46BClF3N7O5S. The number of amides is 2. The molecule has 1 aliphatic carbocycles. The highest BCUT2D eigenvalue weighted by Gasteiger charge is 2.71. The summed E-state index contributed by atoms with van der Waals surface area (Å²) in [7, 11) is 1.19. The number of anilines is 1. The van der Waals surface area contributed by atoms with Gasteiger partial charge in [-0.3, -0.25) is 9.52 Å². The topological polar surface area (TPSA) is 144 Å². The molecular weight excluding hydrogens is 734 g/mol. The van der Waals surface area contributed by atoms with E-state index in [1.165, 1.54) is 36.9 Å². The third kappa shape index (κ3) is 9.90. The minimum absolute atomic E-state index is 0.0697. The van der Waals surface area contributed by atoms with Crippen molar-refractivity contribution in [3.8, 4) is 11.7 Å². The maximum absolute atomic E-state index is 13.5. The SMILES string of the molecule is BC(O)(CCOc1ccn(-c2ccc(C(=O)NSc3cccc(NCCCC4CN(C(=O)OC(C)(C)C)C(C)(C)C4)n3)c(Cl)n2)n1)C1(C(F)(F)F)CC1. The number of ether oxygens (including phenoxy) is 2. The number of pyridine rings is 2. The summed E-state index contributed by atoms with van der Waals surface area (Å²) in [5, 5.41) is 18.6. The minimum Gasteiger partial charge on any atom is -0.477 e. The van der Waals surface area contributed by atoms with Gasteiger partial charge >= 0.3 is 12.3 Å². The standard InChI is InChI=1S/C35H46BClF3N7O5S/c1-31(2,3)52-30(49)46-21-22(20-32(46,4)5)8-7-17-41-24-9-6-10-27(42-24)53-45-29(48)23-11-12-25(43-28(23)37)47-18-13-26(44-47)51-19-16-34(36,50)33(14-15-33)35(38,39)40/h6,9-13,18,22,50H,7-8,14-17,19-21,36H2,1-5H3,(H,41,42)(H,45,48). The zero-order chi connectivity index (χ0) is 38.8. The molecule has 2 aliphatic rings. The summed E-state index contributed by atoms with van der Waals surface area (Å²) in [6.45, 7) is 11.0. The molecule has 2 atom stereocenters. The van der Waals surface area contributed by atoms with Gasteiger partial charge in [-0.2, -0.15) is 13.2 Å². The van der Waals surface area contributed by atoms with Crippen LogP contribution in [0.4, 0.5) is 23.8 Å². The molecule has 3 N–H and O–H groups in total. The Kier molecular flexibility index (Phi) is 11.9. The van der Waals surface area contributed by atoms with Gasteiger partial charge in [-0.1, -0.05) is 17.7 Å². The quantitative estimate of drug-likeness (QED) is 0.0727. The second-order valence-corrected chi connectivity index (χ2v) is 16.7. The van der Waals surface area contributed by atoms with Gasteiger partial charge in [0.15, 0.2) is 5.82 Å². The summed E-state index contributed by atoms with van der Waals surface area (Å²) >= 11 is 7.40. The Labute approximate surface area is 317 Å². The zero-order valence-electron chi connectivity index (χ0n) is 30.7. The van der Waals surface area contributed by atoms with E-state index in [2.05, 4.69) is 39.0 Å². The number of carbonyl (C=O) groups excluding carboxylic acids is 2. The number of carbonyl (C=O) groups is 2. The van der Waals surface area contributed by atoms with Crippen LogP contribution in [0.15, 0.2) is 47.6 Å². The average molecular weight is 780 g/mol. The molecule has 18 heteroatoms. The molecule has 0 aromatic carbocycles. The number of alkyl halides is 3. The Morgan fingerprint density at radius 2 is 1.87 bits per heavy atom. The molecule has 0 spiro atoms. The number of likely N-dealkylation sites (tertiary alicyclic amines) is 1. The first-order valence-electron chi connectivity index (χ1n) is 17.5. The van der Waals surface area contributed by atoms with Gasteiger partial charge < -0.3 is 24.8 Å². The Morgan fingerprint density at radius 3 is 2.53 bits per heavy atom. The Morgan fingerprint density at radius 1 is 1.13 bits per heavy atom. The van der Waals surface area contributed by atoms with Gasteiger partial charge in [0.25, 0.3) is 5.91 Å². The number of nitrogens with one attached hydrogen (secondary N) is 2. The molecule has 2 unspecified atom stereocenters. The van der Waals surface area contributed by atoms with Crippen LogP contribution in [-0.2, 0) is 4.74 Å². The summed E-state index contributed by atoms with van der Waals surface area (Å²) in [6, 6.07) is 9.99. The van der Waals surface area contributed by atoms with Crippen molar-refractivity contribution in [1.82, 2.24) is 29.4 Å². The summed E-state index contributed by atoms with van der Waals surface area (Å²) in [6.07, 6.45) is -0.935. The highest BCUT2D eigenvalue weighted by molar-refractivity contribution is 7.97. The third-order valence-corrected chi connectivity index (χ3v) is 10.7. The molecule has 288 valence electrons. The number of rotatable bonds is 14. The van der Waals surface area contributed by atoms with Crippen LogP contribution >= 0.6 is 23.5 Å². The van der Waals surface area contributed by atoms with Crippen LogP contribution in [0, 0.1) is 11.3 Å². The molecule has 3 aromatic heterocycles. The molecule has 4 heterocycles. The van der Waals surface area contributed by atoms with Gasteiger partial charge in [0.05, 0.1) is 17.6 Å². The third-order valence-electron chi connectivity index (χ3n) is 9.68. The van der Waals surface area contributed by atoms with Gasteiger partial charge in [-0.25, -0.2) is 19.4 Å². The maximum atomic E-state index is 13.5. The van der Waals surface area contributed by atoms with Crippen LogP contribution in [0.1, 0.15) is 83.5 Å². The second kappa shape index (κ2) is 15.6. The molecule has 0 radical (unpaired) electrons. The smallest absolute Gasteiger partial charge is 0.410 e.